The molecule has 1 atom stereocenters. The number of sulfone groups is 1. The second kappa shape index (κ2) is 9.54. The van der Waals surface area contributed by atoms with Gasteiger partial charge in [0.25, 0.3) is 5.60 Å². The molecule has 4 rings (SSSR count). The minimum atomic E-state index is -6.09. The summed E-state index contributed by atoms with van der Waals surface area (Å²) in [7, 11) is -3.55. The molecule has 14 heteroatoms. The third kappa shape index (κ3) is 4.97. The van der Waals surface area contributed by atoms with Crippen molar-refractivity contribution in [3.63, 3.8) is 0 Å². The van der Waals surface area contributed by atoms with Crippen molar-refractivity contribution in [2.75, 3.05) is 11.3 Å². The zero-order valence-electron chi connectivity index (χ0n) is 19.3. The largest absolute Gasteiger partial charge is 0.431 e. The van der Waals surface area contributed by atoms with Crippen LogP contribution in [0.2, 0.25) is 5.02 Å². The summed E-state index contributed by atoms with van der Waals surface area (Å²) < 4.78 is 105. The number of hydrogen-bond acceptors (Lipinski definition) is 6. The third-order valence-corrected chi connectivity index (χ3v) is 7.42. The lowest BCUT2D eigenvalue weighted by Crippen LogP contribution is -2.62. The molecule has 0 aliphatic carbocycles. The molecule has 1 aliphatic rings. The molecule has 1 unspecified atom stereocenters. The van der Waals surface area contributed by atoms with E-state index in [1.165, 1.54) is 67.0 Å². The first-order valence-electron chi connectivity index (χ1n) is 10.8. The van der Waals surface area contributed by atoms with Gasteiger partial charge in [0.2, 0.25) is 0 Å². The zero-order valence-corrected chi connectivity index (χ0v) is 20.9. The van der Waals surface area contributed by atoms with Crippen LogP contribution in [-0.4, -0.2) is 48.4 Å². The average molecular weight is 578 g/mol. The van der Waals surface area contributed by atoms with Crippen LogP contribution in [0.1, 0.15) is 18.0 Å². The van der Waals surface area contributed by atoms with Gasteiger partial charge in [0.05, 0.1) is 27.4 Å². The van der Waals surface area contributed by atoms with Gasteiger partial charge in [-0.05, 0) is 29.3 Å². The maximum atomic E-state index is 13.6. The normalized spacial score (nSPS) is 17.0. The Kier molecular flexibility index (Phi) is 7.00. The summed E-state index contributed by atoms with van der Waals surface area (Å²) in [5.74, 6) is 0. The van der Waals surface area contributed by atoms with E-state index in [0.717, 1.165) is 11.3 Å². The molecule has 1 aliphatic heterocycles. The van der Waals surface area contributed by atoms with E-state index in [4.69, 9.17) is 11.6 Å². The van der Waals surface area contributed by atoms with Gasteiger partial charge in [-0.25, -0.2) is 8.42 Å². The summed E-state index contributed by atoms with van der Waals surface area (Å²) in [5, 5.41) is 14.5. The van der Waals surface area contributed by atoms with E-state index in [2.05, 4.69) is 10.1 Å². The molecule has 1 aromatic heterocycles. The Labute approximate surface area is 218 Å². The van der Waals surface area contributed by atoms with Crippen molar-refractivity contribution in [1.82, 2.24) is 4.98 Å². The van der Waals surface area contributed by atoms with E-state index >= 15 is 0 Å². The van der Waals surface area contributed by atoms with Gasteiger partial charge >= 0.3 is 12.4 Å². The van der Waals surface area contributed by atoms with Crippen molar-refractivity contribution in [1.29, 1.82) is 0 Å². The number of rotatable bonds is 5. The molecule has 0 spiro atoms. The number of aromatic nitrogens is 1. The monoisotopic (exact) mass is 577 g/mol. The van der Waals surface area contributed by atoms with Gasteiger partial charge in [0.1, 0.15) is 0 Å². The van der Waals surface area contributed by atoms with Crippen LogP contribution < -0.4 is 5.01 Å². The quantitative estimate of drug-likeness (QED) is 0.378. The number of hydrogen-bond donors (Lipinski definition) is 1. The highest BCUT2D eigenvalue weighted by molar-refractivity contribution is 7.90. The number of alkyl halides is 6. The van der Waals surface area contributed by atoms with Crippen LogP contribution in [0, 0.1) is 0 Å². The summed E-state index contributed by atoms with van der Waals surface area (Å²) in [5.41, 5.74) is -5.48. The fourth-order valence-electron chi connectivity index (χ4n) is 4.01. The first kappa shape index (κ1) is 27.9. The number of anilines is 1. The van der Waals surface area contributed by atoms with Crippen LogP contribution >= 0.6 is 11.6 Å². The molecular weight excluding hydrogens is 560 g/mol. The van der Waals surface area contributed by atoms with Crippen molar-refractivity contribution in [2.45, 2.75) is 35.3 Å². The maximum Gasteiger partial charge on any atom is 0.431 e. The summed E-state index contributed by atoms with van der Waals surface area (Å²) in [6, 6.07) is 11.9. The predicted molar refractivity (Wildman–Crippen MR) is 129 cm³/mol. The molecule has 0 saturated heterocycles. The summed E-state index contributed by atoms with van der Waals surface area (Å²) in [6.07, 6.45) is -9.50. The highest BCUT2D eigenvalue weighted by Crippen LogP contribution is 2.49. The highest BCUT2D eigenvalue weighted by Gasteiger charge is 2.74. The summed E-state index contributed by atoms with van der Waals surface area (Å²) >= 11 is 6.18. The van der Waals surface area contributed by atoms with E-state index in [0.29, 0.717) is 11.1 Å². The van der Waals surface area contributed by atoms with Crippen LogP contribution in [0.15, 0.2) is 77.0 Å². The smallest absolute Gasteiger partial charge is 0.369 e. The highest BCUT2D eigenvalue weighted by atomic mass is 35.5. The Morgan fingerprint density at radius 3 is 2.11 bits per heavy atom. The number of nitrogens with zero attached hydrogens (tertiary/aromatic N) is 3. The third-order valence-electron chi connectivity index (χ3n) is 6.02. The number of para-hydroxylation sites is 1. The maximum absolute atomic E-state index is 13.6. The molecular formula is C24H18ClF6N3O3S. The van der Waals surface area contributed by atoms with E-state index in [1.54, 1.807) is 0 Å². The van der Waals surface area contributed by atoms with Gasteiger partial charge in [-0.15, -0.1) is 0 Å². The van der Waals surface area contributed by atoms with E-state index in [1.807, 2.05) is 0 Å². The van der Waals surface area contributed by atoms with Crippen LogP contribution in [0.3, 0.4) is 0 Å². The Bertz CT molecular complexity index is 1480. The lowest BCUT2D eigenvalue weighted by molar-refractivity contribution is -0.338. The van der Waals surface area contributed by atoms with E-state index in [9.17, 15) is 39.9 Å². The van der Waals surface area contributed by atoms with Crippen molar-refractivity contribution in [2.24, 2.45) is 5.10 Å². The number of hydrazone groups is 1. The molecule has 0 bridgehead atoms. The van der Waals surface area contributed by atoms with Crippen LogP contribution in [0.5, 0.6) is 0 Å². The second-order valence-corrected chi connectivity index (χ2v) is 11.0. The standard InChI is InChI=1S/C24H18ClF6N3O3S/c1-38(36,37)17-10-16(12-32-13-17)14-6-8-15(9-7-14)20-11-21(22(35,23(26,27)28)24(29,30)31)33-34(20)19-5-3-2-4-18(19)25/h2-10,12-13,20,35H,11H2,1H3. The zero-order chi connectivity index (χ0) is 28.1. The van der Waals surface area contributed by atoms with Crippen molar-refractivity contribution in [3.8, 4) is 11.1 Å². The molecule has 0 amide bonds. The topological polar surface area (TPSA) is 82.9 Å². The SMILES string of the molecule is CS(=O)(=O)c1cncc(-c2ccc(C3CC(C(O)(C(F)(F)F)C(F)(F)F)=NN3c3ccccc3Cl)cc2)c1. The van der Waals surface area contributed by atoms with Crippen molar-refractivity contribution < 1.29 is 39.9 Å². The fraction of sp³-hybridized carbons (Fsp3) is 0.250. The Balaban J connectivity index is 1.78. The van der Waals surface area contributed by atoms with Gasteiger partial charge in [-0.2, -0.15) is 31.4 Å². The molecule has 6 nitrogen and oxygen atoms in total. The first-order chi connectivity index (χ1) is 17.5. The van der Waals surface area contributed by atoms with Crippen LogP contribution in [0.4, 0.5) is 32.0 Å². The van der Waals surface area contributed by atoms with Gasteiger partial charge in [-0.1, -0.05) is 48.0 Å². The second-order valence-electron chi connectivity index (χ2n) is 8.57. The summed E-state index contributed by atoms with van der Waals surface area (Å²) in [4.78, 5) is 3.88. The molecule has 3 aromatic rings. The number of pyridine rings is 1. The molecule has 202 valence electrons. The van der Waals surface area contributed by atoms with Gasteiger partial charge < -0.3 is 5.11 Å². The minimum Gasteiger partial charge on any atom is -0.369 e. The Morgan fingerprint density at radius 2 is 1.55 bits per heavy atom. The van der Waals surface area contributed by atoms with Crippen LogP contribution in [-0.2, 0) is 9.84 Å². The lowest BCUT2D eigenvalue weighted by atomic mass is 9.89. The number of benzene rings is 2. The molecule has 2 heterocycles. The van der Waals surface area contributed by atoms with E-state index < -0.39 is 46.0 Å². The van der Waals surface area contributed by atoms with Crippen molar-refractivity contribution in [3.05, 3.63) is 77.6 Å². The molecule has 38 heavy (non-hydrogen) atoms. The molecule has 0 fully saturated rings. The molecule has 0 saturated carbocycles. The fourth-order valence-corrected chi connectivity index (χ4v) is 4.83. The van der Waals surface area contributed by atoms with Crippen LogP contribution in [0.25, 0.3) is 11.1 Å². The van der Waals surface area contributed by atoms with Gasteiger partial charge in [0, 0.05) is 30.6 Å². The molecule has 2 aromatic carbocycles. The van der Waals surface area contributed by atoms with Crippen molar-refractivity contribution >= 4 is 32.8 Å². The molecule has 1 N–H and O–H groups in total. The average Bonchev–Trinajstić information content (AvgIpc) is 3.27. The number of aliphatic hydroxyl groups is 1. The van der Waals surface area contributed by atoms with Gasteiger partial charge in [0.15, 0.2) is 9.84 Å². The summed E-state index contributed by atoms with van der Waals surface area (Å²) in [6.45, 7) is 0. The Morgan fingerprint density at radius 1 is 0.947 bits per heavy atom. The molecule has 0 radical (unpaired) electrons. The predicted octanol–water partition coefficient (Wildman–Crippen LogP) is 5.97. The lowest BCUT2D eigenvalue weighted by Gasteiger charge is -2.32. The minimum absolute atomic E-state index is 0.0188. The van der Waals surface area contributed by atoms with Gasteiger partial charge in [-0.3, -0.25) is 9.99 Å². The Hall–Kier alpha value is -3.16. The number of halogens is 7. The first-order valence-corrected chi connectivity index (χ1v) is 13.0. The van der Waals surface area contributed by atoms with E-state index in [-0.39, 0.29) is 21.2 Å².